The van der Waals surface area contributed by atoms with Crippen molar-refractivity contribution in [2.45, 2.75) is 6.54 Å². The molecule has 1 aromatic heterocycles. The molecule has 27 heavy (non-hydrogen) atoms. The van der Waals surface area contributed by atoms with Gasteiger partial charge in [-0.25, -0.2) is 9.97 Å². The Balaban J connectivity index is 1.62. The van der Waals surface area contributed by atoms with Crippen molar-refractivity contribution >= 4 is 17.4 Å². The van der Waals surface area contributed by atoms with Crippen molar-refractivity contribution < 1.29 is 9.53 Å². The summed E-state index contributed by atoms with van der Waals surface area (Å²) in [4.78, 5) is 20.6. The number of hydrogen-bond donors (Lipinski definition) is 2. The Morgan fingerprint density at radius 1 is 1.15 bits per heavy atom. The van der Waals surface area contributed by atoms with E-state index in [4.69, 9.17) is 10.00 Å². The van der Waals surface area contributed by atoms with Crippen LogP contribution in [0.2, 0.25) is 0 Å². The first-order valence-electron chi connectivity index (χ1n) is 8.19. The van der Waals surface area contributed by atoms with Crippen molar-refractivity contribution in [2.75, 3.05) is 17.7 Å². The zero-order valence-corrected chi connectivity index (χ0v) is 14.6. The van der Waals surface area contributed by atoms with Gasteiger partial charge >= 0.3 is 0 Å². The largest absolute Gasteiger partial charge is 0.496 e. The molecule has 0 unspecified atom stereocenters. The summed E-state index contributed by atoms with van der Waals surface area (Å²) >= 11 is 0. The van der Waals surface area contributed by atoms with E-state index in [-0.39, 0.29) is 5.69 Å². The monoisotopic (exact) mass is 359 g/mol. The lowest BCUT2D eigenvalue weighted by molar-refractivity contribution is 0.102. The number of nitrogens with zero attached hydrogens (tertiary/aromatic N) is 3. The minimum atomic E-state index is -0.395. The second-order valence-corrected chi connectivity index (χ2v) is 5.60. The van der Waals surface area contributed by atoms with Gasteiger partial charge in [-0.1, -0.05) is 24.3 Å². The Kier molecular flexibility index (Phi) is 5.60. The van der Waals surface area contributed by atoms with Crippen molar-refractivity contribution in [1.82, 2.24) is 9.97 Å². The molecule has 0 aliphatic heterocycles. The number of nitrogens with one attached hydrogen (secondary N) is 2. The first-order valence-corrected chi connectivity index (χ1v) is 8.19. The summed E-state index contributed by atoms with van der Waals surface area (Å²) in [5.41, 5.74) is 2.16. The molecule has 1 heterocycles. The van der Waals surface area contributed by atoms with E-state index in [1.807, 2.05) is 30.3 Å². The first-order chi connectivity index (χ1) is 13.2. The van der Waals surface area contributed by atoms with E-state index >= 15 is 0 Å². The number of ether oxygens (including phenoxy) is 1. The molecule has 3 rings (SSSR count). The molecular weight excluding hydrogens is 342 g/mol. The SMILES string of the molecule is COc1ccccc1CNc1cnc(C(=O)Nc2cccc(C#N)c2)cn1. The van der Waals surface area contributed by atoms with Crippen molar-refractivity contribution in [3.05, 3.63) is 77.7 Å². The second-order valence-electron chi connectivity index (χ2n) is 5.60. The number of aromatic nitrogens is 2. The fraction of sp³-hybridized carbons (Fsp3) is 0.100. The third-order valence-electron chi connectivity index (χ3n) is 3.79. The number of carbonyl (C=O) groups is 1. The third-order valence-corrected chi connectivity index (χ3v) is 3.79. The van der Waals surface area contributed by atoms with Crippen molar-refractivity contribution in [2.24, 2.45) is 0 Å². The fourth-order valence-electron chi connectivity index (χ4n) is 2.43. The molecule has 0 atom stereocenters. The number of rotatable bonds is 6. The Morgan fingerprint density at radius 3 is 2.74 bits per heavy atom. The van der Waals surface area contributed by atoms with Crippen LogP contribution in [0.1, 0.15) is 21.6 Å². The number of benzene rings is 2. The van der Waals surface area contributed by atoms with Crippen LogP contribution in [0, 0.1) is 11.3 Å². The van der Waals surface area contributed by atoms with Crippen LogP contribution in [0.4, 0.5) is 11.5 Å². The number of para-hydroxylation sites is 1. The summed E-state index contributed by atoms with van der Waals surface area (Å²) in [5, 5.41) is 14.8. The number of nitriles is 1. The lowest BCUT2D eigenvalue weighted by Crippen LogP contribution is -2.14. The van der Waals surface area contributed by atoms with Gasteiger partial charge < -0.3 is 15.4 Å². The normalized spacial score (nSPS) is 9.93. The molecule has 2 N–H and O–H groups in total. The maximum Gasteiger partial charge on any atom is 0.275 e. The van der Waals surface area contributed by atoms with Gasteiger partial charge in [-0.15, -0.1) is 0 Å². The quantitative estimate of drug-likeness (QED) is 0.701. The van der Waals surface area contributed by atoms with Gasteiger partial charge in [0.25, 0.3) is 5.91 Å². The maximum atomic E-state index is 12.3. The van der Waals surface area contributed by atoms with Gasteiger partial charge in [-0.05, 0) is 24.3 Å². The molecule has 0 fully saturated rings. The zero-order chi connectivity index (χ0) is 19.1. The van der Waals surface area contributed by atoms with Crippen molar-refractivity contribution in [3.8, 4) is 11.8 Å². The molecule has 0 radical (unpaired) electrons. The van der Waals surface area contributed by atoms with Crippen LogP contribution in [0.25, 0.3) is 0 Å². The average Bonchev–Trinajstić information content (AvgIpc) is 2.73. The lowest BCUT2D eigenvalue weighted by atomic mass is 10.2. The molecule has 0 saturated carbocycles. The molecule has 1 amide bonds. The van der Waals surface area contributed by atoms with Crippen LogP contribution in [-0.2, 0) is 6.54 Å². The lowest BCUT2D eigenvalue weighted by Gasteiger charge is -2.10. The molecule has 0 saturated heterocycles. The predicted molar refractivity (Wildman–Crippen MR) is 101 cm³/mol. The molecular formula is C20H17N5O2. The average molecular weight is 359 g/mol. The van der Waals surface area contributed by atoms with Gasteiger partial charge in [-0.3, -0.25) is 4.79 Å². The second kappa shape index (κ2) is 8.45. The minimum absolute atomic E-state index is 0.181. The summed E-state index contributed by atoms with van der Waals surface area (Å²) in [6.07, 6.45) is 2.89. The topological polar surface area (TPSA) is 99.9 Å². The van der Waals surface area contributed by atoms with E-state index in [1.54, 1.807) is 31.4 Å². The highest BCUT2D eigenvalue weighted by Gasteiger charge is 2.09. The van der Waals surface area contributed by atoms with Crippen LogP contribution in [0.15, 0.2) is 60.9 Å². The van der Waals surface area contributed by atoms with E-state index in [2.05, 4.69) is 20.6 Å². The van der Waals surface area contributed by atoms with E-state index < -0.39 is 5.91 Å². The van der Waals surface area contributed by atoms with Crippen molar-refractivity contribution in [1.29, 1.82) is 5.26 Å². The van der Waals surface area contributed by atoms with Crippen LogP contribution in [0.5, 0.6) is 5.75 Å². The molecule has 0 aliphatic rings. The van der Waals surface area contributed by atoms with Crippen LogP contribution < -0.4 is 15.4 Å². The van der Waals surface area contributed by atoms with Gasteiger partial charge in [-0.2, -0.15) is 5.26 Å². The van der Waals surface area contributed by atoms with E-state index in [9.17, 15) is 4.79 Å². The molecule has 2 aromatic carbocycles. The van der Waals surface area contributed by atoms with E-state index in [0.29, 0.717) is 23.6 Å². The molecule has 0 bridgehead atoms. The first kappa shape index (κ1) is 17.9. The smallest absolute Gasteiger partial charge is 0.275 e. The molecule has 134 valence electrons. The Labute approximate surface area is 156 Å². The van der Waals surface area contributed by atoms with Crippen LogP contribution >= 0.6 is 0 Å². The number of amides is 1. The highest BCUT2D eigenvalue weighted by molar-refractivity contribution is 6.02. The minimum Gasteiger partial charge on any atom is -0.496 e. The Bertz CT molecular complexity index is 980. The Hall–Kier alpha value is -3.92. The highest BCUT2D eigenvalue weighted by atomic mass is 16.5. The number of carbonyl (C=O) groups excluding carboxylic acids is 1. The molecule has 0 aliphatic carbocycles. The summed E-state index contributed by atoms with van der Waals surface area (Å²) < 4.78 is 5.31. The van der Waals surface area contributed by atoms with Gasteiger partial charge in [0, 0.05) is 17.8 Å². The molecule has 3 aromatic rings. The zero-order valence-electron chi connectivity index (χ0n) is 14.6. The summed E-state index contributed by atoms with van der Waals surface area (Å²) in [6, 6.07) is 16.4. The van der Waals surface area contributed by atoms with E-state index in [1.165, 1.54) is 12.4 Å². The molecule has 7 heteroatoms. The summed E-state index contributed by atoms with van der Waals surface area (Å²) in [5.74, 6) is 0.936. The van der Waals surface area contributed by atoms with Crippen LogP contribution in [-0.4, -0.2) is 23.0 Å². The van der Waals surface area contributed by atoms with Crippen molar-refractivity contribution in [3.63, 3.8) is 0 Å². The van der Waals surface area contributed by atoms with E-state index in [0.717, 1.165) is 11.3 Å². The highest BCUT2D eigenvalue weighted by Crippen LogP contribution is 2.18. The number of hydrogen-bond acceptors (Lipinski definition) is 6. The molecule has 0 spiro atoms. The third kappa shape index (κ3) is 4.58. The van der Waals surface area contributed by atoms with Crippen LogP contribution in [0.3, 0.4) is 0 Å². The van der Waals surface area contributed by atoms with Gasteiger partial charge in [0.1, 0.15) is 17.3 Å². The predicted octanol–water partition coefficient (Wildman–Crippen LogP) is 3.22. The van der Waals surface area contributed by atoms with Gasteiger partial charge in [0.15, 0.2) is 0 Å². The Morgan fingerprint density at radius 2 is 2.00 bits per heavy atom. The molecule has 7 nitrogen and oxygen atoms in total. The van der Waals surface area contributed by atoms with Gasteiger partial charge in [0.2, 0.25) is 0 Å². The van der Waals surface area contributed by atoms with Gasteiger partial charge in [0.05, 0.1) is 31.1 Å². The summed E-state index contributed by atoms with van der Waals surface area (Å²) in [7, 11) is 1.62. The number of methoxy groups -OCH3 is 1. The number of anilines is 2. The summed E-state index contributed by atoms with van der Waals surface area (Å²) in [6.45, 7) is 0.519. The standard InChI is InChI=1S/C20H17N5O2/c1-27-18-8-3-2-6-15(18)11-23-19-13-22-17(12-24-19)20(26)25-16-7-4-5-14(9-16)10-21/h2-9,12-13H,11H2,1H3,(H,23,24)(H,25,26). The maximum absolute atomic E-state index is 12.3. The fourth-order valence-corrected chi connectivity index (χ4v) is 2.43.